The van der Waals surface area contributed by atoms with Gasteiger partial charge >= 0.3 is 0 Å². The van der Waals surface area contributed by atoms with Gasteiger partial charge in [-0.2, -0.15) is 0 Å². The van der Waals surface area contributed by atoms with Crippen molar-refractivity contribution < 1.29 is 4.42 Å². The third-order valence-electron chi connectivity index (χ3n) is 1.88. The largest absolute Gasteiger partial charge is 0.467 e. The molecule has 15 heavy (non-hydrogen) atoms. The number of aryl methyl sites for hydroxylation is 1. The lowest BCUT2D eigenvalue weighted by molar-refractivity contribution is 0.535. The molecule has 2 rings (SSSR count). The van der Waals surface area contributed by atoms with E-state index in [0.29, 0.717) is 11.9 Å². The van der Waals surface area contributed by atoms with Crippen LogP contribution >= 0.6 is 0 Å². The summed E-state index contributed by atoms with van der Waals surface area (Å²) in [6.45, 7) is 3.73. The van der Waals surface area contributed by atoms with Crippen LogP contribution in [0.4, 0.5) is 5.69 Å². The summed E-state index contributed by atoms with van der Waals surface area (Å²) in [5.74, 6) is 1.78. The fourth-order valence-corrected chi connectivity index (χ4v) is 1.31. The summed E-state index contributed by atoms with van der Waals surface area (Å²) >= 11 is 0. The quantitative estimate of drug-likeness (QED) is 0.630. The summed E-state index contributed by atoms with van der Waals surface area (Å²) < 4.78 is 5.15. The highest BCUT2D eigenvalue weighted by molar-refractivity contribution is 6.05. The highest BCUT2D eigenvalue weighted by Crippen LogP contribution is 2.12. The van der Waals surface area contributed by atoms with Crippen LogP contribution in [0.25, 0.3) is 0 Å². The van der Waals surface area contributed by atoms with E-state index in [1.165, 1.54) is 0 Å². The fraction of sp³-hybridized carbons (Fsp3) is 0.333. The van der Waals surface area contributed by atoms with Crippen molar-refractivity contribution in [3.05, 3.63) is 18.1 Å². The maximum absolute atomic E-state index is 5.57. The maximum atomic E-state index is 5.57. The number of nitrogens with one attached hydrogen (secondary N) is 2. The average Bonchev–Trinajstić information content (AvgIpc) is 2.49. The molecule has 0 fully saturated rings. The molecule has 2 heterocycles. The van der Waals surface area contributed by atoms with Gasteiger partial charge in [0.2, 0.25) is 5.96 Å². The van der Waals surface area contributed by atoms with Gasteiger partial charge in [0, 0.05) is 6.07 Å². The number of guanidine groups is 2. The number of nitrogens with two attached hydrogens (primary N) is 1. The van der Waals surface area contributed by atoms with Gasteiger partial charge in [0.25, 0.3) is 0 Å². The van der Waals surface area contributed by atoms with Gasteiger partial charge in [0.1, 0.15) is 18.2 Å². The summed E-state index contributed by atoms with van der Waals surface area (Å²) in [5, 5.41) is 5.88. The van der Waals surface area contributed by atoms with Gasteiger partial charge in [-0.15, -0.1) is 0 Å². The zero-order valence-electron chi connectivity index (χ0n) is 8.61. The van der Waals surface area contributed by atoms with Crippen molar-refractivity contribution in [2.75, 3.05) is 5.32 Å². The molecule has 6 nitrogen and oxygen atoms in total. The van der Waals surface area contributed by atoms with Crippen LogP contribution in [-0.4, -0.2) is 18.1 Å². The summed E-state index contributed by atoms with van der Waals surface area (Å²) in [7, 11) is 0. The predicted octanol–water partition coefficient (Wildman–Crippen LogP) is 0.620. The van der Waals surface area contributed by atoms with Crippen molar-refractivity contribution in [3.8, 4) is 0 Å². The zero-order valence-corrected chi connectivity index (χ0v) is 8.61. The van der Waals surface area contributed by atoms with Gasteiger partial charge in [-0.25, -0.2) is 9.98 Å². The molecule has 80 valence electrons. The fourth-order valence-electron chi connectivity index (χ4n) is 1.31. The molecule has 1 aliphatic heterocycles. The number of hydrogen-bond donors (Lipinski definition) is 3. The van der Waals surface area contributed by atoms with Crippen LogP contribution < -0.4 is 16.4 Å². The van der Waals surface area contributed by atoms with E-state index in [9.17, 15) is 0 Å². The molecule has 1 aromatic heterocycles. The van der Waals surface area contributed by atoms with Crippen LogP contribution in [0.15, 0.2) is 26.7 Å². The van der Waals surface area contributed by atoms with Gasteiger partial charge in [-0.3, -0.25) is 5.32 Å². The second kappa shape index (κ2) is 3.64. The first-order valence-corrected chi connectivity index (χ1v) is 4.64. The van der Waals surface area contributed by atoms with E-state index in [1.54, 1.807) is 6.26 Å². The summed E-state index contributed by atoms with van der Waals surface area (Å²) in [6.07, 6.45) is 1.45. The van der Waals surface area contributed by atoms with E-state index >= 15 is 0 Å². The lowest BCUT2D eigenvalue weighted by atomic mass is 10.4. The Morgan fingerprint density at radius 1 is 1.53 bits per heavy atom. The Balaban J connectivity index is 2.07. The number of nitrogens with zero attached hydrogens (tertiary/aromatic N) is 2. The molecule has 0 aromatic carbocycles. The minimum absolute atomic E-state index is 0.165. The summed E-state index contributed by atoms with van der Waals surface area (Å²) in [5.41, 5.74) is 6.40. The van der Waals surface area contributed by atoms with E-state index in [0.717, 1.165) is 11.4 Å². The third-order valence-corrected chi connectivity index (χ3v) is 1.88. The Bertz CT molecular complexity index is 420. The van der Waals surface area contributed by atoms with Gasteiger partial charge in [-0.1, -0.05) is 0 Å². The van der Waals surface area contributed by atoms with Crippen molar-refractivity contribution in [2.24, 2.45) is 15.7 Å². The van der Waals surface area contributed by atoms with Crippen molar-refractivity contribution >= 4 is 17.6 Å². The van der Waals surface area contributed by atoms with Crippen LogP contribution in [-0.2, 0) is 0 Å². The lowest BCUT2D eigenvalue weighted by Crippen LogP contribution is -2.44. The van der Waals surface area contributed by atoms with Crippen molar-refractivity contribution in [1.82, 2.24) is 5.32 Å². The molecule has 0 radical (unpaired) electrons. The van der Waals surface area contributed by atoms with Crippen LogP contribution in [0.1, 0.15) is 12.7 Å². The lowest BCUT2D eigenvalue weighted by Gasteiger charge is -2.16. The molecule has 0 spiro atoms. The normalized spacial score (nSPS) is 20.3. The number of rotatable bonds is 1. The first-order chi connectivity index (χ1) is 7.13. The van der Waals surface area contributed by atoms with Crippen LogP contribution in [0.3, 0.4) is 0 Å². The van der Waals surface area contributed by atoms with Crippen LogP contribution in [0, 0.1) is 6.92 Å². The minimum Gasteiger partial charge on any atom is -0.467 e. The highest BCUT2D eigenvalue weighted by atomic mass is 16.3. The monoisotopic (exact) mass is 207 g/mol. The molecule has 0 bridgehead atoms. The molecular formula is C9H13N5O. The smallest absolute Gasteiger partial charge is 0.204 e. The molecule has 0 saturated carbocycles. The SMILES string of the molecule is Cc1cc(NC2=NC(C)N=C(N)N2)co1. The topological polar surface area (TPSA) is 87.9 Å². The third kappa shape index (κ3) is 2.28. The molecule has 1 aliphatic rings. The van der Waals surface area contributed by atoms with E-state index < -0.39 is 0 Å². The van der Waals surface area contributed by atoms with Gasteiger partial charge in [0.05, 0.1) is 5.69 Å². The molecule has 0 aliphatic carbocycles. The Labute approximate surface area is 87.3 Å². The van der Waals surface area contributed by atoms with E-state index in [2.05, 4.69) is 20.6 Å². The molecule has 0 amide bonds. The molecule has 0 saturated heterocycles. The first-order valence-electron chi connectivity index (χ1n) is 4.64. The molecule has 1 aromatic rings. The standard InChI is InChI=1S/C9H13N5O/c1-5-3-7(4-15-5)13-9-12-6(2)11-8(10)14-9/h3-4,6H,1-2H3,(H4,10,11,12,13,14). The minimum atomic E-state index is -0.165. The number of furan rings is 1. The average molecular weight is 207 g/mol. The Hall–Kier alpha value is -1.98. The van der Waals surface area contributed by atoms with E-state index in [-0.39, 0.29) is 6.17 Å². The second-order valence-electron chi connectivity index (χ2n) is 3.32. The first kappa shape index (κ1) is 9.57. The predicted molar refractivity (Wildman–Crippen MR) is 58.7 cm³/mol. The van der Waals surface area contributed by atoms with Crippen molar-refractivity contribution in [3.63, 3.8) is 0 Å². The summed E-state index contributed by atoms with van der Waals surface area (Å²) in [4.78, 5) is 8.23. The highest BCUT2D eigenvalue weighted by Gasteiger charge is 2.11. The number of aliphatic imine (C=N–C) groups is 2. The Morgan fingerprint density at radius 3 is 2.93 bits per heavy atom. The van der Waals surface area contributed by atoms with Crippen LogP contribution in [0.2, 0.25) is 0 Å². The molecule has 6 heteroatoms. The Kier molecular flexibility index (Phi) is 2.32. The van der Waals surface area contributed by atoms with E-state index in [1.807, 2.05) is 19.9 Å². The molecule has 1 unspecified atom stereocenters. The van der Waals surface area contributed by atoms with Gasteiger partial charge < -0.3 is 15.5 Å². The molecular weight excluding hydrogens is 194 g/mol. The number of anilines is 1. The molecule has 1 atom stereocenters. The van der Waals surface area contributed by atoms with Gasteiger partial charge in [0.15, 0.2) is 5.96 Å². The molecule has 4 N–H and O–H groups in total. The van der Waals surface area contributed by atoms with E-state index in [4.69, 9.17) is 10.2 Å². The Morgan fingerprint density at radius 2 is 2.33 bits per heavy atom. The zero-order chi connectivity index (χ0) is 10.8. The van der Waals surface area contributed by atoms with Crippen molar-refractivity contribution in [1.29, 1.82) is 0 Å². The van der Waals surface area contributed by atoms with Crippen LogP contribution in [0.5, 0.6) is 0 Å². The van der Waals surface area contributed by atoms with Crippen molar-refractivity contribution in [2.45, 2.75) is 20.0 Å². The maximum Gasteiger partial charge on any atom is 0.204 e. The number of hydrogen-bond acceptors (Lipinski definition) is 6. The summed E-state index contributed by atoms with van der Waals surface area (Å²) in [6, 6.07) is 1.87. The second-order valence-corrected chi connectivity index (χ2v) is 3.32. The van der Waals surface area contributed by atoms with Gasteiger partial charge in [-0.05, 0) is 13.8 Å².